The van der Waals surface area contributed by atoms with E-state index in [4.69, 9.17) is 9.47 Å². The van der Waals surface area contributed by atoms with Gasteiger partial charge in [-0.05, 0) is 36.8 Å². The molecule has 2 bridgehead atoms. The quantitative estimate of drug-likeness (QED) is 0.489. The monoisotopic (exact) mass is 322 g/mol. The molecular weight excluding hydrogens is 304 g/mol. The second kappa shape index (κ2) is 5.78. The van der Waals surface area contributed by atoms with E-state index >= 15 is 0 Å². The first-order valence-electron chi connectivity index (χ1n) is 8.22. The van der Waals surface area contributed by atoms with Crippen LogP contribution < -0.4 is 9.47 Å². The molecule has 0 aliphatic heterocycles. The van der Waals surface area contributed by atoms with Crippen LogP contribution in [0.1, 0.15) is 19.8 Å². The van der Waals surface area contributed by atoms with E-state index in [1.165, 1.54) is 6.92 Å². The van der Waals surface area contributed by atoms with Crippen LogP contribution in [-0.4, -0.2) is 11.9 Å². The van der Waals surface area contributed by atoms with Gasteiger partial charge in [0.05, 0.1) is 5.92 Å². The maximum absolute atomic E-state index is 12.6. The van der Waals surface area contributed by atoms with Gasteiger partial charge in [-0.2, -0.15) is 0 Å². The summed E-state index contributed by atoms with van der Waals surface area (Å²) in [6.45, 7) is 1.37. The van der Waals surface area contributed by atoms with E-state index < -0.39 is 0 Å². The SMILES string of the molecule is CC(=O)Oc1ccc(OC(=O)C2CC3C=CC2C3)c2ccccc12. The zero-order valence-corrected chi connectivity index (χ0v) is 13.4. The van der Waals surface area contributed by atoms with Crippen LogP contribution >= 0.6 is 0 Å². The topological polar surface area (TPSA) is 52.6 Å². The standard InChI is InChI=1S/C20H18O4/c1-12(21)23-18-8-9-19(16-5-3-2-4-15(16)18)24-20(22)17-11-13-6-7-14(17)10-13/h2-9,13-14,17H,10-11H2,1H3. The normalized spacial score (nSPS) is 24.3. The van der Waals surface area contributed by atoms with Crippen molar-refractivity contribution in [3.05, 3.63) is 48.6 Å². The molecule has 2 aromatic rings. The van der Waals surface area contributed by atoms with E-state index in [0.717, 1.165) is 23.6 Å². The minimum atomic E-state index is -0.376. The summed E-state index contributed by atoms with van der Waals surface area (Å²) < 4.78 is 10.9. The highest BCUT2D eigenvalue weighted by atomic mass is 16.5. The van der Waals surface area contributed by atoms with Crippen LogP contribution in [0.2, 0.25) is 0 Å². The number of fused-ring (bicyclic) bond motifs is 3. The van der Waals surface area contributed by atoms with E-state index in [9.17, 15) is 9.59 Å². The molecule has 2 aliphatic rings. The highest BCUT2D eigenvalue weighted by Crippen LogP contribution is 2.44. The van der Waals surface area contributed by atoms with E-state index in [1.54, 1.807) is 12.1 Å². The van der Waals surface area contributed by atoms with Crippen LogP contribution in [0, 0.1) is 17.8 Å². The molecule has 0 radical (unpaired) electrons. The van der Waals surface area contributed by atoms with Crippen molar-refractivity contribution in [2.45, 2.75) is 19.8 Å². The summed E-state index contributed by atoms with van der Waals surface area (Å²) in [6.07, 6.45) is 6.29. The van der Waals surface area contributed by atoms with Crippen LogP contribution in [0.25, 0.3) is 10.8 Å². The van der Waals surface area contributed by atoms with Gasteiger partial charge in [0.25, 0.3) is 0 Å². The average Bonchev–Trinajstić information content (AvgIpc) is 3.20. The molecule has 2 aromatic carbocycles. The van der Waals surface area contributed by atoms with Crippen molar-refractivity contribution in [2.75, 3.05) is 0 Å². The molecule has 0 spiro atoms. The predicted molar refractivity (Wildman–Crippen MR) is 89.7 cm³/mol. The Labute approximate surface area is 140 Å². The summed E-state index contributed by atoms with van der Waals surface area (Å²) in [7, 11) is 0. The van der Waals surface area contributed by atoms with E-state index in [0.29, 0.717) is 23.3 Å². The molecule has 1 fully saturated rings. The number of hydrogen-bond acceptors (Lipinski definition) is 4. The number of rotatable bonds is 3. The number of carbonyl (C=O) groups is 2. The molecule has 2 aliphatic carbocycles. The van der Waals surface area contributed by atoms with Gasteiger partial charge in [-0.1, -0.05) is 36.4 Å². The number of hydrogen-bond donors (Lipinski definition) is 0. The fourth-order valence-corrected chi connectivity index (χ4v) is 3.81. The van der Waals surface area contributed by atoms with Gasteiger partial charge in [0.2, 0.25) is 0 Å². The molecule has 0 amide bonds. The molecule has 4 heteroatoms. The largest absolute Gasteiger partial charge is 0.426 e. The van der Waals surface area contributed by atoms with Gasteiger partial charge < -0.3 is 9.47 Å². The Morgan fingerprint density at radius 1 is 0.917 bits per heavy atom. The lowest BCUT2D eigenvalue weighted by molar-refractivity contribution is -0.139. The molecule has 0 saturated heterocycles. The lowest BCUT2D eigenvalue weighted by atomic mass is 9.94. The van der Waals surface area contributed by atoms with Gasteiger partial charge in [0, 0.05) is 17.7 Å². The van der Waals surface area contributed by atoms with Crippen molar-refractivity contribution < 1.29 is 19.1 Å². The van der Waals surface area contributed by atoms with Gasteiger partial charge in [0.15, 0.2) is 0 Å². The molecule has 0 N–H and O–H groups in total. The van der Waals surface area contributed by atoms with Crippen molar-refractivity contribution in [3.63, 3.8) is 0 Å². The molecule has 3 atom stereocenters. The molecule has 4 rings (SSSR count). The summed E-state index contributed by atoms with van der Waals surface area (Å²) in [6, 6.07) is 10.8. The van der Waals surface area contributed by atoms with Crippen LogP contribution in [0.4, 0.5) is 0 Å². The summed E-state index contributed by atoms with van der Waals surface area (Å²) in [4.78, 5) is 23.8. The first kappa shape index (κ1) is 14.9. The summed E-state index contributed by atoms with van der Waals surface area (Å²) >= 11 is 0. The highest BCUT2D eigenvalue weighted by Gasteiger charge is 2.41. The Morgan fingerprint density at radius 2 is 1.58 bits per heavy atom. The number of esters is 2. The van der Waals surface area contributed by atoms with Gasteiger partial charge in [-0.25, -0.2) is 0 Å². The van der Waals surface area contributed by atoms with Crippen LogP contribution in [0.5, 0.6) is 11.5 Å². The molecular formula is C20H18O4. The predicted octanol–water partition coefficient (Wildman–Crippen LogP) is 3.88. The third kappa shape index (κ3) is 2.58. The Balaban J connectivity index is 1.64. The molecule has 4 nitrogen and oxygen atoms in total. The number of ether oxygens (including phenoxy) is 2. The second-order valence-corrected chi connectivity index (χ2v) is 6.51. The van der Waals surface area contributed by atoms with Crippen LogP contribution in [-0.2, 0) is 9.59 Å². The summed E-state index contributed by atoms with van der Waals surface area (Å²) in [5.41, 5.74) is 0. The van der Waals surface area contributed by atoms with Crippen LogP contribution in [0.15, 0.2) is 48.6 Å². The van der Waals surface area contributed by atoms with E-state index in [2.05, 4.69) is 12.2 Å². The smallest absolute Gasteiger partial charge is 0.314 e. The number of benzene rings is 2. The van der Waals surface area contributed by atoms with E-state index in [1.807, 2.05) is 24.3 Å². The molecule has 122 valence electrons. The van der Waals surface area contributed by atoms with Crippen molar-refractivity contribution in [1.82, 2.24) is 0 Å². The first-order valence-corrected chi connectivity index (χ1v) is 8.22. The molecule has 0 aromatic heterocycles. The van der Waals surface area contributed by atoms with Crippen molar-refractivity contribution in [2.24, 2.45) is 17.8 Å². The summed E-state index contributed by atoms with van der Waals surface area (Å²) in [5.74, 6) is 1.23. The molecule has 1 saturated carbocycles. The van der Waals surface area contributed by atoms with E-state index in [-0.39, 0.29) is 17.9 Å². The second-order valence-electron chi connectivity index (χ2n) is 6.51. The Morgan fingerprint density at radius 3 is 2.12 bits per heavy atom. The zero-order chi connectivity index (χ0) is 16.7. The maximum atomic E-state index is 12.6. The third-order valence-electron chi connectivity index (χ3n) is 4.89. The van der Waals surface area contributed by atoms with Crippen molar-refractivity contribution >= 4 is 22.7 Å². The zero-order valence-electron chi connectivity index (χ0n) is 13.4. The van der Waals surface area contributed by atoms with Gasteiger partial charge in [-0.3, -0.25) is 9.59 Å². The maximum Gasteiger partial charge on any atom is 0.314 e. The first-order chi connectivity index (χ1) is 11.6. The molecule has 24 heavy (non-hydrogen) atoms. The van der Waals surface area contributed by atoms with Gasteiger partial charge in [0.1, 0.15) is 11.5 Å². The Kier molecular flexibility index (Phi) is 3.60. The van der Waals surface area contributed by atoms with Gasteiger partial charge in [-0.15, -0.1) is 0 Å². The molecule has 3 unspecified atom stereocenters. The fraction of sp³-hybridized carbons (Fsp3) is 0.300. The fourth-order valence-electron chi connectivity index (χ4n) is 3.81. The van der Waals surface area contributed by atoms with Crippen molar-refractivity contribution in [3.8, 4) is 11.5 Å². The summed E-state index contributed by atoms with van der Waals surface area (Å²) in [5, 5.41) is 1.52. The number of allylic oxidation sites excluding steroid dienone is 2. The lowest BCUT2D eigenvalue weighted by Crippen LogP contribution is -2.24. The lowest BCUT2D eigenvalue weighted by Gasteiger charge is -2.17. The molecule has 0 heterocycles. The minimum Gasteiger partial charge on any atom is -0.426 e. The highest BCUT2D eigenvalue weighted by molar-refractivity contribution is 5.96. The Bertz CT molecular complexity index is 852. The average molecular weight is 322 g/mol. The Hall–Kier alpha value is -2.62. The van der Waals surface area contributed by atoms with Crippen LogP contribution in [0.3, 0.4) is 0 Å². The minimum absolute atomic E-state index is 0.0492. The van der Waals surface area contributed by atoms with Gasteiger partial charge >= 0.3 is 11.9 Å². The number of carbonyl (C=O) groups excluding carboxylic acids is 2. The third-order valence-corrected chi connectivity index (χ3v) is 4.89. The van der Waals surface area contributed by atoms with Crippen molar-refractivity contribution in [1.29, 1.82) is 0 Å².